The highest BCUT2D eigenvalue weighted by Crippen LogP contribution is 2.31. The minimum Gasteiger partial charge on any atom is -0.466 e. The van der Waals surface area contributed by atoms with Crippen molar-refractivity contribution in [2.24, 2.45) is 5.73 Å². The van der Waals surface area contributed by atoms with Gasteiger partial charge in [0.2, 0.25) is 0 Å². The van der Waals surface area contributed by atoms with E-state index in [1.165, 1.54) is 0 Å². The summed E-state index contributed by atoms with van der Waals surface area (Å²) in [5.74, 6) is -1.22. The molecule has 0 aliphatic heterocycles. The number of carbonyl (C=O) groups excluding carboxylic acids is 1. The van der Waals surface area contributed by atoms with Crippen LogP contribution in [0, 0.1) is 0 Å². The van der Waals surface area contributed by atoms with Crippen LogP contribution in [0.3, 0.4) is 0 Å². The number of esters is 1. The number of rotatable bonds is 5. The number of ether oxygens (including phenoxy) is 2. The number of anilines is 1. The van der Waals surface area contributed by atoms with Gasteiger partial charge in [0.15, 0.2) is 5.75 Å². The van der Waals surface area contributed by atoms with Crippen molar-refractivity contribution < 1.29 is 27.4 Å². The first-order valence-electron chi connectivity index (χ1n) is 5.66. The molecular formula is C11H14F3N3O3. The topological polar surface area (TPSA) is 100 Å². The van der Waals surface area contributed by atoms with Gasteiger partial charge in [-0.2, -0.15) is 0 Å². The van der Waals surface area contributed by atoms with Crippen molar-refractivity contribution in [3.05, 3.63) is 17.5 Å². The van der Waals surface area contributed by atoms with Crippen LogP contribution < -0.4 is 16.2 Å². The minimum atomic E-state index is -4.88. The maximum atomic E-state index is 12.2. The smallest absolute Gasteiger partial charge is 0.466 e. The normalized spacial score (nSPS) is 11.2. The van der Waals surface area contributed by atoms with E-state index in [4.69, 9.17) is 16.2 Å². The van der Waals surface area contributed by atoms with Crippen molar-refractivity contribution in [2.45, 2.75) is 26.3 Å². The van der Waals surface area contributed by atoms with Gasteiger partial charge < -0.3 is 20.9 Å². The summed E-state index contributed by atoms with van der Waals surface area (Å²) in [7, 11) is 0. The number of hydrogen-bond donors (Lipinski definition) is 2. The first-order chi connectivity index (χ1) is 9.28. The van der Waals surface area contributed by atoms with E-state index in [-0.39, 0.29) is 36.5 Å². The molecule has 1 aromatic heterocycles. The number of nitrogens with two attached hydrogens (primary N) is 2. The zero-order valence-corrected chi connectivity index (χ0v) is 10.7. The molecule has 0 radical (unpaired) electrons. The van der Waals surface area contributed by atoms with Gasteiger partial charge in [0, 0.05) is 12.1 Å². The second-order valence-electron chi connectivity index (χ2n) is 3.70. The van der Waals surface area contributed by atoms with E-state index in [1.54, 1.807) is 6.92 Å². The largest absolute Gasteiger partial charge is 0.573 e. The lowest BCUT2D eigenvalue weighted by molar-refractivity contribution is -0.274. The molecule has 0 unspecified atom stereocenters. The van der Waals surface area contributed by atoms with E-state index in [0.29, 0.717) is 0 Å². The van der Waals surface area contributed by atoms with Crippen LogP contribution in [-0.4, -0.2) is 23.9 Å². The lowest BCUT2D eigenvalue weighted by atomic mass is 10.1. The van der Waals surface area contributed by atoms with Gasteiger partial charge in [-0.3, -0.25) is 9.78 Å². The molecule has 1 rings (SSSR count). The fraction of sp³-hybridized carbons (Fsp3) is 0.455. The maximum absolute atomic E-state index is 12.2. The fourth-order valence-corrected chi connectivity index (χ4v) is 1.52. The van der Waals surface area contributed by atoms with Crippen molar-refractivity contribution in [3.8, 4) is 5.75 Å². The average Bonchev–Trinajstić information content (AvgIpc) is 2.32. The summed E-state index contributed by atoms with van der Waals surface area (Å²) in [4.78, 5) is 15.1. The van der Waals surface area contributed by atoms with Crippen LogP contribution in [0.2, 0.25) is 0 Å². The minimum absolute atomic E-state index is 0.125. The predicted molar refractivity (Wildman–Crippen MR) is 63.6 cm³/mol. The molecule has 0 fully saturated rings. The summed E-state index contributed by atoms with van der Waals surface area (Å²) >= 11 is 0. The van der Waals surface area contributed by atoms with Crippen molar-refractivity contribution in [3.63, 3.8) is 0 Å². The third-order valence-electron chi connectivity index (χ3n) is 2.32. The van der Waals surface area contributed by atoms with Crippen LogP contribution >= 0.6 is 0 Å². The predicted octanol–water partition coefficient (Wildman–Crippen LogP) is 1.13. The van der Waals surface area contributed by atoms with E-state index in [2.05, 4.69) is 9.72 Å². The lowest BCUT2D eigenvalue weighted by Crippen LogP contribution is -2.20. The Labute approximate surface area is 112 Å². The summed E-state index contributed by atoms with van der Waals surface area (Å²) in [6.07, 6.45) is -4.31. The molecule has 0 saturated heterocycles. The van der Waals surface area contributed by atoms with Gasteiger partial charge in [0.05, 0.1) is 30.6 Å². The zero-order chi connectivity index (χ0) is 15.3. The first kappa shape index (κ1) is 16.0. The molecule has 0 amide bonds. The summed E-state index contributed by atoms with van der Waals surface area (Å²) in [6.45, 7) is 1.63. The van der Waals surface area contributed by atoms with E-state index in [0.717, 1.165) is 6.20 Å². The third-order valence-corrected chi connectivity index (χ3v) is 2.32. The molecule has 9 heteroatoms. The number of halogens is 3. The highest BCUT2D eigenvalue weighted by Gasteiger charge is 2.32. The second kappa shape index (κ2) is 6.42. The van der Waals surface area contributed by atoms with Gasteiger partial charge in [-0.1, -0.05) is 0 Å². The molecule has 0 saturated carbocycles. The molecular weight excluding hydrogens is 279 g/mol. The Bertz CT molecular complexity index is 492. The molecule has 0 aromatic carbocycles. The van der Waals surface area contributed by atoms with Gasteiger partial charge in [0.25, 0.3) is 0 Å². The molecule has 112 valence electrons. The summed E-state index contributed by atoms with van der Waals surface area (Å²) in [6, 6.07) is 0. The molecule has 0 aliphatic rings. The Morgan fingerprint density at radius 3 is 2.60 bits per heavy atom. The number of nitrogens with zero attached hydrogens (tertiary/aromatic N) is 1. The summed E-state index contributed by atoms with van der Waals surface area (Å²) < 4.78 is 44.9. The molecule has 6 nitrogen and oxygen atoms in total. The zero-order valence-electron chi connectivity index (χ0n) is 10.7. The summed E-state index contributed by atoms with van der Waals surface area (Å²) in [5, 5.41) is 0. The number of carbonyl (C=O) groups is 1. The van der Waals surface area contributed by atoms with Crippen molar-refractivity contribution in [2.75, 3.05) is 12.3 Å². The SMILES string of the molecule is CCOC(=O)Cc1ncc(OC(F)(F)F)c(N)c1CN. The van der Waals surface area contributed by atoms with Crippen LogP contribution in [0.15, 0.2) is 6.20 Å². The highest BCUT2D eigenvalue weighted by atomic mass is 19.4. The van der Waals surface area contributed by atoms with E-state index in [9.17, 15) is 18.0 Å². The van der Waals surface area contributed by atoms with Crippen LogP contribution in [0.4, 0.5) is 18.9 Å². The van der Waals surface area contributed by atoms with E-state index < -0.39 is 18.1 Å². The molecule has 0 spiro atoms. The Kier molecular flexibility index (Phi) is 5.14. The number of pyridine rings is 1. The van der Waals surface area contributed by atoms with Gasteiger partial charge in [-0.15, -0.1) is 13.2 Å². The van der Waals surface area contributed by atoms with Crippen LogP contribution in [0.1, 0.15) is 18.2 Å². The molecule has 0 aliphatic carbocycles. The van der Waals surface area contributed by atoms with Gasteiger partial charge >= 0.3 is 12.3 Å². The third kappa shape index (κ3) is 4.26. The molecule has 1 heterocycles. The van der Waals surface area contributed by atoms with Crippen molar-refractivity contribution in [1.29, 1.82) is 0 Å². The number of nitrogen functional groups attached to an aromatic ring is 1. The highest BCUT2D eigenvalue weighted by molar-refractivity contribution is 5.74. The second-order valence-corrected chi connectivity index (χ2v) is 3.70. The van der Waals surface area contributed by atoms with E-state index in [1.807, 2.05) is 0 Å². The van der Waals surface area contributed by atoms with Gasteiger partial charge in [0.1, 0.15) is 0 Å². The molecule has 0 bridgehead atoms. The van der Waals surface area contributed by atoms with Crippen LogP contribution in [-0.2, 0) is 22.5 Å². The van der Waals surface area contributed by atoms with Crippen LogP contribution in [0.5, 0.6) is 5.75 Å². The number of alkyl halides is 3. The molecule has 4 N–H and O–H groups in total. The average molecular weight is 293 g/mol. The Morgan fingerprint density at radius 1 is 1.45 bits per heavy atom. The van der Waals surface area contributed by atoms with Gasteiger partial charge in [-0.25, -0.2) is 0 Å². The summed E-state index contributed by atoms with van der Waals surface area (Å²) in [5.41, 5.74) is 11.0. The number of hydrogen-bond acceptors (Lipinski definition) is 6. The lowest BCUT2D eigenvalue weighted by Gasteiger charge is -2.15. The Balaban J connectivity index is 3.05. The molecule has 0 atom stereocenters. The van der Waals surface area contributed by atoms with Crippen LogP contribution in [0.25, 0.3) is 0 Å². The Hall–Kier alpha value is -2.03. The van der Waals surface area contributed by atoms with Crippen molar-refractivity contribution in [1.82, 2.24) is 4.98 Å². The quantitative estimate of drug-likeness (QED) is 0.789. The van der Waals surface area contributed by atoms with Gasteiger partial charge in [-0.05, 0) is 6.92 Å². The van der Waals surface area contributed by atoms with E-state index >= 15 is 0 Å². The first-order valence-corrected chi connectivity index (χ1v) is 5.66. The fourth-order valence-electron chi connectivity index (χ4n) is 1.52. The standard InChI is InChI=1S/C11H14F3N3O3/c1-2-19-9(18)3-7-6(4-15)10(16)8(5-17-7)20-11(12,13)14/h5H,2-4,15H2,1H3,(H2,16,17). The molecule has 20 heavy (non-hydrogen) atoms. The van der Waals surface area contributed by atoms with Crippen molar-refractivity contribution >= 4 is 11.7 Å². The Morgan fingerprint density at radius 2 is 2.10 bits per heavy atom. The molecule has 1 aromatic rings. The maximum Gasteiger partial charge on any atom is 0.573 e. The number of aromatic nitrogens is 1. The monoisotopic (exact) mass is 293 g/mol.